The third-order valence-corrected chi connectivity index (χ3v) is 6.78. The number of aryl methyl sites for hydroxylation is 2. The van der Waals surface area contributed by atoms with Crippen LogP contribution in [0.25, 0.3) is 0 Å². The van der Waals surface area contributed by atoms with Crippen LogP contribution in [0.1, 0.15) is 25.0 Å². The Morgan fingerprint density at radius 3 is 2.55 bits per heavy atom. The van der Waals surface area contributed by atoms with Crippen LogP contribution in [-0.2, 0) is 9.59 Å². The van der Waals surface area contributed by atoms with Crippen LogP contribution in [0.4, 0.5) is 10.5 Å². The van der Waals surface area contributed by atoms with E-state index in [2.05, 4.69) is 47.0 Å². The maximum Gasteiger partial charge on any atom is 0.328 e. The quantitative estimate of drug-likeness (QED) is 0.693. The van der Waals surface area contributed by atoms with Crippen LogP contribution in [0.5, 0.6) is 0 Å². The first-order valence-corrected chi connectivity index (χ1v) is 11.5. The first-order chi connectivity index (χ1) is 14.8. The SMILES string of the molecule is Cc1ccc(C)c(N2CCN(C(=O)C3=C4NC(=O)N(CC(C)C)C(=O)C4NS3)CC2)c1. The molecule has 2 saturated heterocycles. The van der Waals surface area contributed by atoms with E-state index in [9.17, 15) is 14.4 Å². The van der Waals surface area contributed by atoms with Gasteiger partial charge in [-0.2, -0.15) is 0 Å². The van der Waals surface area contributed by atoms with E-state index in [1.54, 1.807) is 4.90 Å². The summed E-state index contributed by atoms with van der Waals surface area (Å²) >= 11 is 1.14. The molecule has 2 N–H and O–H groups in total. The van der Waals surface area contributed by atoms with Crippen LogP contribution in [0.15, 0.2) is 28.8 Å². The van der Waals surface area contributed by atoms with Crippen LogP contribution in [0, 0.1) is 19.8 Å². The summed E-state index contributed by atoms with van der Waals surface area (Å²) in [4.78, 5) is 44.2. The van der Waals surface area contributed by atoms with E-state index in [1.807, 2.05) is 13.8 Å². The zero-order valence-electron chi connectivity index (χ0n) is 18.4. The van der Waals surface area contributed by atoms with Crippen LogP contribution in [-0.4, -0.2) is 66.4 Å². The van der Waals surface area contributed by atoms with E-state index in [0.29, 0.717) is 30.2 Å². The number of nitrogens with one attached hydrogen (secondary N) is 2. The number of carbonyl (C=O) groups excluding carboxylic acids is 3. The Morgan fingerprint density at radius 1 is 1.16 bits per heavy atom. The first kappa shape index (κ1) is 21.7. The van der Waals surface area contributed by atoms with Crippen molar-refractivity contribution in [1.82, 2.24) is 19.8 Å². The van der Waals surface area contributed by atoms with Gasteiger partial charge in [0.2, 0.25) is 0 Å². The van der Waals surface area contributed by atoms with Gasteiger partial charge in [-0.1, -0.05) is 26.0 Å². The van der Waals surface area contributed by atoms with Gasteiger partial charge >= 0.3 is 6.03 Å². The average Bonchev–Trinajstić information content (AvgIpc) is 3.16. The van der Waals surface area contributed by atoms with Crippen LogP contribution < -0.4 is 14.9 Å². The predicted molar refractivity (Wildman–Crippen MR) is 121 cm³/mol. The molecule has 3 aliphatic rings. The first-order valence-electron chi connectivity index (χ1n) is 10.7. The zero-order valence-corrected chi connectivity index (χ0v) is 19.2. The molecule has 166 valence electrons. The fourth-order valence-electron chi connectivity index (χ4n) is 4.16. The number of benzene rings is 1. The van der Waals surface area contributed by atoms with Crippen LogP contribution in [0.2, 0.25) is 0 Å². The molecule has 1 aromatic rings. The van der Waals surface area contributed by atoms with Crippen molar-refractivity contribution in [2.45, 2.75) is 33.7 Å². The van der Waals surface area contributed by atoms with Gasteiger partial charge in [0.1, 0.15) is 10.9 Å². The minimum Gasteiger partial charge on any atom is -0.368 e. The van der Waals surface area contributed by atoms with Crippen molar-refractivity contribution in [2.75, 3.05) is 37.6 Å². The molecule has 0 aliphatic carbocycles. The van der Waals surface area contributed by atoms with Gasteiger partial charge in [-0.25, -0.2) is 9.52 Å². The van der Waals surface area contributed by atoms with Crippen molar-refractivity contribution < 1.29 is 14.4 Å². The Hall–Kier alpha value is -2.52. The van der Waals surface area contributed by atoms with E-state index in [0.717, 1.165) is 25.0 Å². The lowest BCUT2D eigenvalue weighted by molar-refractivity contribution is -0.130. The molecule has 0 bridgehead atoms. The normalized spacial score (nSPS) is 21.7. The van der Waals surface area contributed by atoms with Crippen molar-refractivity contribution >= 4 is 35.5 Å². The second-order valence-electron chi connectivity index (χ2n) is 8.74. The molecule has 3 aliphatic heterocycles. The molecular weight excluding hydrogens is 414 g/mol. The van der Waals surface area contributed by atoms with Crippen molar-refractivity contribution in [3.63, 3.8) is 0 Å². The number of rotatable bonds is 4. The highest BCUT2D eigenvalue weighted by molar-refractivity contribution is 8.02. The molecule has 1 unspecified atom stereocenters. The molecule has 0 radical (unpaired) electrons. The summed E-state index contributed by atoms with van der Waals surface area (Å²) in [6.45, 7) is 11.1. The molecule has 1 atom stereocenters. The molecule has 0 aromatic heterocycles. The molecule has 9 heteroatoms. The third kappa shape index (κ3) is 4.16. The second kappa shape index (κ2) is 8.55. The topological polar surface area (TPSA) is 85.0 Å². The number of carbonyl (C=O) groups is 3. The number of anilines is 1. The zero-order chi connectivity index (χ0) is 22.3. The van der Waals surface area contributed by atoms with Gasteiger partial charge in [-0.3, -0.25) is 14.5 Å². The summed E-state index contributed by atoms with van der Waals surface area (Å²) < 4.78 is 3.03. The van der Waals surface area contributed by atoms with E-state index in [1.165, 1.54) is 21.7 Å². The molecule has 0 spiro atoms. The molecule has 1 aromatic carbocycles. The van der Waals surface area contributed by atoms with Gasteiger partial charge in [-0.15, -0.1) is 0 Å². The van der Waals surface area contributed by atoms with E-state index >= 15 is 0 Å². The Labute approximate surface area is 187 Å². The summed E-state index contributed by atoms with van der Waals surface area (Å²) in [5, 5.41) is 2.79. The maximum atomic E-state index is 13.2. The Morgan fingerprint density at radius 2 is 1.87 bits per heavy atom. The van der Waals surface area contributed by atoms with Gasteiger partial charge in [0.25, 0.3) is 11.8 Å². The van der Waals surface area contributed by atoms with Crippen molar-refractivity contribution in [1.29, 1.82) is 0 Å². The van der Waals surface area contributed by atoms with E-state index < -0.39 is 12.1 Å². The second-order valence-corrected chi connectivity index (χ2v) is 9.59. The summed E-state index contributed by atoms with van der Waals surface area (Å²) in [6, 6.07) is 5.28. The maximum absolute atomic E-state index is 13.2. The molecule has 2 fully saturated rings. The highest BCUT2D eigenvalue weighted by Gasteiger charge is 2.45. The number of fused-ring (bicyclic) bond motifs is 1. The van der Waals surface area contributed by atoms with Gasteiger partial charge in [0.05, 0.1) is 5.70 Å². The van der Waals surface area contributed by atoms with Crippen LogP contribution >= 0.6 is 11.9 Å². The standard InChI is InChI=1S/C22H29N5O3S/c1-13(2)12-27-20(28)18-17(23-22(27)30)19(31-24-18)21(29)26-9-7-25(8-10-26)16-11-14(3)5-6-15(16)4/h5-6,11,13,18,24H,7-10,12H2,1-4H3,(H,23,30). The molecule has 0 saturated carbocycles. The predicted octanol–water partition coefficient (Wildman–Crippen LogP) is 1.99. The molecule has 4 rings (SSSR count). The summed E-state index contributed by atoms with van der Waals surface area (Å²) in [6.07, 6.45) is 0. The largest absolute Gasteiger partial charge is 0.368 e. The monoisotopic (exact) mass is 443 g/mol. The average molecular weight is 444 g/mol. The Balaban J connectivity index is 1.45. The lowest BCUT2D eigenvalue weighted by atomic mass is 10.1. The number of hydrogen-bond acceptors (Lipinski definition) is 6. The Kier molecular flexibility index (Phi) is 5.98. The van der Waals surface area contributed by atoms with Gasteiger partial charge in [-0.05, 0) is 48.9 Å². The lowest BCUT2D eigenvalue weighted by Gasteiger charge is -2.37. The Bertz CT molecular complexity index is 952. The molecular formula is C22H29N5O3S. The van der Waals surface area contributed by atoms with Crippen molar-refractivity contribution in [3.05, 3.63) is 39.9 Å². The van der Waals surface area contributed by atoms with E-state index in [4.69, 9.17) is 0 Å². The number of imide groups is 1. The number of nitrogens with zero attached hydrogens (tertiary/aromatic N) is 3. The summed E-state index contributed by atoms with van der Waals surface area (Å²) in [7, 11) is 0. The van der Waals surface area contributed by atoms with Crippen LogP contribution in [0.3, 0.4) is 0 Å². The fourth-order valence-corrected chi connectivity index (χ4v) is 5.10. The highest BCUT2D eigenvalue weighted by Crippen LogP contribution is 2.32. The smallest absolute Gasteiger partial charge is 0.328 e. The number of urea groups is 1. The summed E-state index contributed by atoms with van der Waals surface area (Å²) in [5.74, 6) is -0.271. The van der Waals surface area contributed by atoms with Gasteiger partial charge in [0.15, 0.2) is 0 Å². The molecule has 3 heterocycles. The molecule has 4 amide bonds. The van der Waals surface area contributed by atoms with Crippen molar-refractivity contribution in [3.8, 4) is 0 Å². The number of amides is 4. The highest BCUT2D eigenvalue weighted by atomic mass is 32.2. The van der Waals surface area contributed by atoms with Gasteiger partial charge < -0.3 is 15.1 Å². The van der Waals surface area contributed by atoms with Gasteiger partial charge in [0, 0.05) is 38.4 Å². The third-order valence-electron chi connectivity index (χ3n) is 5.83. The molecule has 31 heavy (non-hydrogen) atoms. The van der Waals surface area contributed by atoms with E-state index in [-0.39, 0.29) is 17.7 Å². The van der Waals surface area contributed by atoms with Crippen molar-refractivity contribution in [2.24, 2.45) is 5.92 Å². The minimum atomic E-state index is -0.684. The minimum absolute atomic E-state index is 0.138. The number of piperazine rings is 1. The molecule has 8 nitrogen and oxygen atoms in total. The summed E-state index contributed by atoms with van der Waals surface area (Å²) in [5.41, 5.74) is 4.04. The number of hydrogen-bond donors (Lipinski definition) is 2. The fraction of sp³-hybridized carbons (Fsp3) is 0.500. The lowest BCUT2D eigenvalue weighted by Crippen LogP contribution is -2.58.